The van der Waals surface area contributed by atoms with Gasteiger partial charge in [0.1, 0.15) is 18.1 Å². The Morgan fingerprint density at radius 2 is 2.22 bits per heavy atom. The molecule has 1 fully saturated rings. The minimum absolute atomic E-state index is 0.0971. The highest BCUT2D eigenvalue weighted by atomic mass is 16.5. The molecule has 1 aromatic rings. The summed E-state index contributed by atoms with van der Waals surface area (Å²) in [6.07, 6.45) is 4.36. The van der Waals surface area contributed by atoms with Gasteiger partial charge >= 0.3 is 0 Å². The Morgan fingerprint density at radius 3 is 3.00 bits per heavy atom. The van der Waals surface area contributed by atoms with Gasteiger partial charge in [-0.15, -0.1) is 0 Å². The second kappa shape index (κ2) is 7.68. The first-order valence-electron chi connectivity index (χ1n) is 8.56. The minimum Gasteiger partial charge on any atom is -0.497 e. The molecule has 2 aliphatic rings. The van der Waals surface area contributed by atoms with Crippen LogP contribution in [0, 0.1) is 5.92 Å². The third-order valence-electron chi connectivity index (χ3n) is 4.69. The summed E-state index contributed by atoms with van der Waals surface area (Å²) in [5, 5.41) is 3.06. The van der Waals surface area contributed by atoms with Crippen molar-refractivity contribution >= 4 is 5.91 Å². The van der Waals surface area contributed by atoms with Gasteiger partial charge in [0.2, 0.25) is 5.91 Å². The Bertz CT molecular complexity index is 541. The van der Waals surface area contributed by atoms with E-state index in [4.69, 9.17) is 9.47 Å². The van der Waals surface area contributed by atoms with Crippen LogP contribution in [0.1, 0.15) is 24.8 Å². The number of nitrogens with one attached hydrogen (secondary N) is 1. The average Bonchev–Trinajstić information content (AvgIpc) is 3.11. The van der Waals surface area contributed by atoms with Crippen molar-refractivity contribution in [3.63, 3.8) is 0 Å². The van der Waals surface area contributed by atoms with Crippen LogP contribution >= 0.6 is 0 Å². The number of methoxy groups -OCH3 is 1. The lowest BCUT2D eigenvalue weighted by atomic mass is 9.96. The summed E-state index contributed by atoms with van der Waals surface area (Å²) in [7, 11) is 1.65. The Hall–Kier alpha value is -1.75. The fourth-order valence-electron chi connectivity index (χ4n) is 3.33. The van der Waals surface area contributed by atoms with Gasteiger partial charge in [0.05, 0.1) is 13.0 Å². The molecule has 1 N–H and O–H groups in total. The van der Waals surface area contributed by atoms with E-state index in [-0.39, 0.29) is 11.8 Å². The SMILES string of the molecule is COc1ccc2c(c1)C[C@@H](C(=O)NCCCN1CCCC1)CO2. The van der Waals surface area contributed by atoms with Crippen LogP contribution in [0.15, 0.2) is 18.2 Å². The van der Waals surface area contributed by atoms with Gasteiger partial charge in [0.15, 0.2) is 0 Å². The summed E-state index contributed by atoms with van der Waals surface area (Å²) < 4.78 is 11.0. The number of nitrogens with zero attached hydrogens (tertiary/aromatic N) is 1. The number of rotatable bonds is 6. The fourth-order valence-corrected chi connectivity index (χ4v) is 3.33. The summed E-state index contributed by atoms with van der Waals surface area (Å²) in [6.45, 7) is 4.71. The third kappa shape index (κ3) is 4.16. The van der Waals surface area contributed by atoms with E-state index in [1.807, 2.05) is 18.2 Å². The predicted octanol–water partition coefficient (Wildman–Crippen LogP) is 1.85. The zero-order valence-electron chi connectivity index (χ0n) is 13.8. The van der Waals surface area contributed by atoms with Gasteiger partial charge < -0.3 is 19.7 Å². The Balaban J connectivity index is 1.44. The lowest BCUT2D eigenvalue weighted by Crippen LogP contribution is -2.38. The first-order chi connectivity index (χ1) is 11.3. The normalized spacial score (nSPS) is 20.7. The van der Waals surface area contributed by atoms with Crippen molar-refractivity contribution in [3.8, 4) is 11.5 Å². The summed E-state index contributed by atoms with van der Waals surface area (Å²) >= 11 is 0. The largest absolute Gasteiger partial charge is 0.497 e. The van der Waals surface area contributed by atoms with Crippen LogP contribution in [-0.4, -0.2) is 50.7 Å². The smallest absolute Gasteiger partial charge is 0.226 e. The highest BCUT2D eigenvalue weighted by molar-refractivity contribution is 5.79. The molecule has 0 aliphatic carbocycles. The maximum absolute atomic E-state index is 12.3. The molecule has 2 heterocycles. The number of benzene rings is 1. The molecule has 5 nitrogen and oxygen atoms in total. The van der Waals surface area contributed by atoms with Gasteiger partial charge in [0, 0.05) is 6.54 Å². The zero-order valence-corrected chi connectivity index (χ0v) is 13.8. The highest BCUT2D eigenvalue weighted by Gasteiger charge is 2.26. The molecule has 1 amide bonds. The van der Waals surface area contributed by atoms with E-state index in [2.05, 4.69) is 10.2 Å². The van der Waals surface area contributed by atoms with Crippen molar-refractivity contribution in [3.05, 3.63) is 23.8 Å². The van der Waals surface area contributed by atoms with Gasteiger partial charge in [-0.2, -0.15) is 0 Å². The average molecular weight is 318 g/mol. The molecule has 1 atom stereocenters. The van der Waals surface area contributed by atoms with Gasteiger partial charge in [0.25, 0.3) is 0 Å². The molecule has 1 saturated heterocycles. The van der Waals surface area contributed by atoms with E-state index in [9.17, 15) is 4.79 Å². The Labute approximate surface area is 137 Å². The topological polar surface area (TPSA) is 50.8 Å². The van der Waals surface area contributed by atoms with Gasteiger partial charge in [-0.3, -0.25) is 4.79 Å². The van der Waals surface area contributed by atoms with Crippen molar-refractivity contribution in [2.75, 3.05) is 39.9 Å². The monoisotopic (exact) mass is 318 g/mol. The molecule has 23 heavy (non-hydrogen) atoms. The molecule has 0 spiro atoms. The highest BCUT2D eigenvalue weighted by Crippen LogP contribution is 2.30. The molecule has 0 aromatic heterocycles. The predicted molar refractivity (Wildman–Crippen MR) is 89.0 cm³/mol. The second-order valence-corrected chi connectivity index (χ2v) is 6.38. The van der Waals surface area contributed by atoms with Crippen LogP contribution in [0.3, 0.4) is 0 Å². The van der Waals surface area contributed by atoms with Crippen molar-refractivity contribution < 1.29 is 14.3 Å². The summed E-state index contributed by atoms with van der Waals surface area (Å²) in [5.41, 5.74) is 1.05. The van der Waals surface area contributed by atoms with Gasteiger partial charge in [-0.25, -0.2) is 0 Å². The maximum Gasteiger partial charge on any atom is 0.226 e. The number of hydrogen-bond donors (Lipinski definition) is 1. The number of fused-ring (bicyclic) bond motifs is 1. The maximum atomic E-state index is 12.3. The van der Waals surface area contributed by atoms with E-state index in [1.54, 1.807) is 7.11 Å². The second-order valence-electron chi connectivity index (χ2n) is 6.38. The number of carbonyl (C=O) groups excluding carboxylic acids is 1. The standard InChI is InChI=1S/C18H26N2O3/c1-22-16-5-6-17-14(12-16)11-15(13-23-17)18(21)19-7-4-10-20-8-2-3-9-20/h5-6,12,15H,2-4,7-11,13H2,1H3,(H,19,21)/t15-/m1/s1. The molecule has 1 aromatic carbocycles. The van der Waals surface area contributed by atoms with Crippen LogP contribution in [-0.2, 0) is 11.2 Å². The van der Waals surface area contributed by atoms with Crippen molar-refractivity contribution in [2.45, 2.75) is 25.7 Å². The summed E-state index contributed by atoms with van der Waals surface area (Å²) in [4.78, 5) is 14.8. The summed E-state index contributed by atoms with van der Waals surface area (Å²) in [5.74, 6) is 1.66. The molecule has 0 bridgehead atoms. The minimum atomic E-state index is -0.110. The Kier molecular flexibility index (Phi) is 5.39. The number of hydrogen-bond acceptors (Lipinski definition) is 4. The fraction of sp³-hybridized carbons (Fsp3) is 0.611. The lowest BCUT2D eigenvalue weighted by Gasteiger charge is -2.25. The van der Waals surface area contributed by atoms with Crippen LogP contribution in [0.25, 0.3) is 0 Å². The first kappa shape index (κ1) is 16.1. The van der Waals surface area contributed by atoms with Crippen LogP contribution in [0.5, 0.6) is 11.5 Å². The molecule has 0 saturated carbocycles. The quantitative estimate of drug-likeness (QED) is 0.813. The number of ether oxygens (including phenoxy) is 2. The Morgan fingerprint density at radius 1 is 1.39 bits per heavy atom. The molecule has 0 radical (unpaired) electrons. The van der Waals surface area contributed by atoms with E-state index in [0.717, 1.165) is 36.6 Å². The van der Waals surface area contributed by atoms with Crippen LogP contribution in [0.2, 0.25) is 0 Å². The van der Waals surface area contributed by atoms with Crippen molar-refractivity contribution in [1.82, 2.24) is 10.2 Å². The molecule has 3 rings (SSSR count). The summed E-state index contributed by atoms with van der Waals surface area (Å²) in [6, 6.07) is 5.76. The molecule has 5 heteroatoms. The third-order valence-corrected chi connectivity index (χ3v) is 4.69. The molecule has 126 valence electrons. The van der Waals surface area contributed by atoms with Gasteiger partial charge in [-0.1, -0.05) is 0 Å². The molecule has 0 unspecified atom stereocenters. The van der Waals surface area contributed by atoms with E-state index < -0.39 is 0 Å². The zero-order chi connectivity index (χ0) is 16.1. The molecular formula is C18H26N2O3. The molecular weight excluding hydrogens is 292 g/mol. The van der Waals surface area contributed by atoms with E-state index >= 15 is 0 Å². The van der Waals surface area contributed by atoms with Crippen molar-refractivity contribution in [2.24, 2.45) is 5.92 Å². The number of amides is 1. The molecule has 2 aliphatic heterocycles. The number of carbonyl (C=O) groups is 1. The first-order valence-corrected chi connectivity index (χ1v) is 8.56. The van der Waals surface area contributed by atoms with Crippen LogP contribution in [0.4, 0.5) is 0 Å². The van der Waals surface area contributed by atoms with Crippen LogP contribution < -0.4 is 14.8 Å². The van der Waals surface area contributed by atoms with E-state index in [0.29, 0.717) is 13.0 Å². The number of likely N-dealkylation sites (tertiary alicyclic amines) is 1. The van der Waals surface area contributed by atoms with Crippen molar-refractivity contribution in [1.29, 1.82) is 0 Å². The van der Waals surface area contributed by atoms with E-state index in [1.165, 1.54) is 25.9 Å². The van der Waals surface area contributed by atoms with Gasteiger partial charge in [-0.05, 0) is 69.1 Å². The lowest BCUT2D eigenvalue weighted by molar-refractivity contribution is -0.126.